The lowest BCUT2D eigenvalue weighted by Gasteiger charge is -2.38. The zero-order chi connectivity index (χ0) is 28.8. The summed E-state index contributed by atoms with van der Waals surface area (Å²) in [6, 6.07) is 3.36. The number of benzene rings is 1. The van der Waals surface area contributed by atoms with E-state index in [1.807, 2.05) is 0 Å². The van der Waals surface area contributed by atoms with Gasteiger partial charge in [-0.05, 0) is 56.6 Å². The van der Waals surface area contributed by atoms with Gasteiger partial charge in [-0.3, -0.25) is 19.2 Å². The molecule has 2 saturated heterocycles. The highest BCUT2D eigenvalue weighted by molar-refractivity contribution is 6.45. The second kappa shape index (κ2) is 13.5. The third-order valence-corrected chi connectivity index (χ3v) is 8.53. The van der Waals surface area contributed by atoms with Gasteiger partial charge in [0.15, 0.2) is 0 Å². The molecule has 0 unspecified atom stereocenters. The van der Waals surface area contributed by atoms with Crippen LogP contribution in [0.5, 0.6) is 5.75 Å². The molecule has 11 nitrogen and oxygen atoms in total. The first-order valence-corrected chi connectivity index (χ1v) is 14.8. The average Bonchev–Trinajstić information content (AvgIpc) is 3.40. The van der Waals surface area contributed by atoms with E-state index in [-0.39, 0.29) is 35.2 Å². The van der Waals surface area contributed by atoms with Gasteiger partial charge < -0.3 is 35.1 Å². The molecule has 1 atom stereocenters. The molecule has 1 aliphatic carbocycles. The van der Waals surface area contributed by atoms with Gasteiger partial charge in [0.2, 0.25) is 11.8 Å². The number of aromatic amines is 1. The van der Waals surface area contributed by atoms with Crippen LogP contribution in [0, 0.1) is 5.92 Å². The number of hydrogen-bond acceptors (Lipinski definition) is 7. The van der Waals surface area contributed by atoms with E-state index in [2.05, 4.69) is 15.6 Å². The van der Waals surface area contributed by atoms with Crippen molar-refractivity contribution in [1.82, 2.24) is 20.5 Å². The number of carbonyl (C=O) groups is 4. The minimum absolute atomic E-state index is 0.0261. The number of H-pyrrole nitrogens is 1. The van der Waals surface area contributed by atoms with Gasteiger partial charge >= 0.3 is 0 Å². The Kier molecular flexibility index (Phi) is 9.56. The van der Waals surface area contributed by atoms with Crippen molar-refractivity contribution in [3.63, 3.8) is 0 Å². The third kappa shape index (κ3) is 7.08. The number of phenols is 1. The van der Waals surface area contributed by atoms with Crippen molar-refractivity contribution in [3.05, 3.63) is 30.0 Å². The molecule has 0 bridgehead atoms. The van der Waals surface area contributed by atoms with Crippen molar-refractivity contribution in [3.8, 4) is 5.75 Å². The maximum atomic E-state index is 14.1. The molecule has 1 aromatic heterocycles. The zero-order valence-corrected chi connectivity index (χ0v) is 23.4. The first-order chi connectivity index (χ1) is 19.9. The largest absolute Gasteiger partial charge is 0.508 e. The fourth-order valence-electron chi connectivity index (χ4n) is 6.30. The minimum atomic E-state index is -0.954. The molecule has 41 heavy (non-hydrogen) atoms. The lowest BCUT2D eigenvalue weighted by Crippen LogP contribution is -2.59. The van der Waals surface area contributed by atoms with E-state index in [1.165, 1.54) is 23.2 Å². The van der Waals surface area contributed by atoms with Crippen molar-refractivity contribution in [2.75, 3.05) is 33.0 Å². The number of fused-ring (bicyclic) bond motifs is 1. The van der Waals surface area contributed by atoms with Crippen LogP contribution in [0.25, 0.3) is 10.9 Å². The molecule has 2 aliphatic heterocycles. The number of rotatable bonds is 9. The predicted molar refractivity (Wildman–Crippen MR) is 150 cm³/mol. The summed E-state index contributed by atoms with van der Waals surface area (Å²) in [7, 11) is 0. The average molecular weight is 569 g/mol. The summed E-state index contributed by atoms with van der Waals surface area (Å²) >= 11 is 0. The molecule has 3 amide bonds. The summed E-state index contributed by atoms with van der Waals surface area (Å²) in [5.74, 6) is -2.57. The van der Waals surface area contributed by atoms with Gasteiger partial charge in [-0.25, -0.2) is 0 Å². The number of hydrogen-bond donors (Lipinski definition) is 4. The van der Waals surface area contributed by atoms with Crippen LogP contribution in [0.4, 0.5) is 0 Å². The van der Waals surface area contributed by atoms with E-state index in [9.17, 15) is 24.3 Å². The second-order valence-electron chi connectivity index (χ2n) is 11.4. The Morgan fingerprint density at radius 2 is 1.54 bits per heavy atom. The van der Waals surface area contributed by atoms with Gasteiger partial charge in [0, 0.05) is 61.7 Å². The highest BCUT2D eigenvalue weighted by atomic mass is 16.5. The lowest BCUT2D eigenvalue weighted by molar-refractivity contribution is -0.143. The molecule has 0 spiro atoms. The van der Waals surface area contributed by atoms with E-state index in [0.717, 1.165) is 32.1 Å². The van der Waals surface area contributed by atoms with Gasteiger partial charge in [0.25, 0.3) is 11.7 Å². The Balaban J connectivity index is 1.45. The van der Waals surface area contributed by atoms with Crippen LogP contribution >= 0.6 is 0 Å². The van der Waals surface area contributed by atoms with E-state index >= 15 is 0 Å². The molecule has 1 saturated carbocycles. The Morgan fingerprint density at radius 3 is 2.20 bits per heavy atom. The Labute approximate surface area is 239 Å². The highest BCUT2D eigenvalue weighted by Crippen LogP contribution is 2.31. The maximum Gasteiger partial charge on any atom is 0.296 e. The topological polar surface area (TPSA) is 150 Å². The van der Waals surface area contributed by atoms with Crippen LogP contribution in [0.2, 0.25) is 0 Å². The molecule has 11 heteroatoms. The van der Waals surface area contributed by atoms with Crippen LogP contribution in [-0.4, -0.2) is 89.6 Å². The monoisotopic (exact) mass is 568 g/mol. The molecule has 222 valence electrons. The normalized spacial score (nSPS) is 19.9. The van der Waals surface area contributed by atoms with Crippen molar-refractivity contribution in [2.45, 2.75) is 75.9 Å². The van der Waals surface area contributed by atoms with E-state index in [0.29, 0.717) is 63.0 Å². The number of carbonyl (C=O) groups excluding carboxylic acids is 4. The lowest BCUT2D eigenvalue weighted by atomic mass is 9.82. The number of nitrogens with zero attached hydrogens (tertiary/aromatic N) is 1. The summed E-state index contributed by atoms with van der Waals surface area (Å²) in [6.07, 6.45) is 8.45. The smallest absolute Gasteiger partial charge is 0.296 e. The molecule has 4 N–H and O–H groups in total. The molecule has 3 heterocycles. The molecule has 5 rings (SSSR count). The predicted octanol–water partition coefficient (Wildman–Crippen LogP) is 2.42. The third-order valence-electron chi connectivity index (χ3n) is 8.53. The van der Waals surface area contributed by atoms with E-state index < -0.39 is 30.2 Å². The SMILES string of the molecule is O=C(CN(C(=O)C(=O)c1c[nH]c2cc(O)ccc12)[C@@H](C(=O)NC1CCOCC1)C1CCCCC1)NC1CCOCC1. The summed E-state index contributed by atoms with van der Waals surface area (Å²) < 4.78 is 10.8. The summed E-state index contributed by atoms with van der Waals surface area (Å²) in [5.41, 5.74) is 0.637. The van der Waals surface area contributed by atoms with Gasteiger partial charge in [0.05, 0.1) is 5.56 Å². The molecular formula is C30H40N4O7. The molecule has 3 fully saturated rings. The van der Waals surface area contributed by atoms with Gasteiger partial charge in [0.1, 0.15) is 18.3 Å². The number of nitrogens with one attached hydrogen (secondary N) is 3. The van der Waals surface area contributed by atoms with Crippen molar-refractivity contribution >= 4 is 34.4 Å². The number of ketones is 1. The van der Waals surface area contributed by atoms with Crippen molar-refractivity contribution in [1.29, 1.82) is 0 Å². The van der Waals surface area contributed by atoms with Crippen LogP contribution in [0.1, 0.15) is 68.1 Å². The standard InChI is InChI=1S/C30H40N4O7/c35-22-6-7-23-24(17-31-25(23)16-22)28(37)30(39)34(18-26(36)32-20-8-12-40-13-9-20)27(19-4-2-1-3-5-19)29(38)33-21-10-14-41-15-11-21/h6-7,16-17,19-21,27,31,35H,1-5,8-15,18H2,(H,32,36)(H,33,38)/t27-/m1/s1. The summed E-state index contributed by atoms with van der Waals surface area (Å²) in [6.45, 7) is 1.78. The summed E-state index contributed by atoms with van der Waals surface area (Å²) in [4.78, 5) is 59.3. The van der Waals surface area contributed by atoms with Gasteiger partial charge in [-0.1, -0.05) is 19.3 Å². The Morgan fingerprint density at radius 1 is 0.902 bits per heavy atom. The van der Waals surface area contributed by atoms with Crippen LogP contribution in [0.3, 0.4) is 0 Å². The minimum Gasteiger partial charge on any atom is -0.508 e. The highest BCUT2D eigenvalue weighted by Gasteiger charge is 2.41. The van der Waals surface area contributed by atoms with E-state index in [4.69, 9.17) is 9.47 Å². The van der Waals surface area contributed by atoms with Crippen LogP contribution in [0.15, 0.2) is 24.4 Å². The fraction of sp³-hybridized carbons (Fsp3) is 0.600. The van der Waals surface area contributed by atoms with Gasteiger partial charge in [-0.2, -0.15) is 0 Å². The fourth-order valence-corrected chi connectivity index (χ4v) is 6.30. The number of ether oxygens (including phenoxy) is 2. The first-order valence-electron chi connectivity index (χ1n) is 14.8. The van der Waals surface area contributed by atoms with Crippen LogP contribution < -0.4 is 10.6 Å². The first kappa shape index (κ1) is 29.1. The van der Waals surface area contributed by atoms with Crippen LogP contribution in [-0.2, 0) is 23.9 Å². The van der Waals surface area contributed by atoms with E-state index in [1.54, 1.807) is 6.07 Å². The zero-order valence-electron chi connectivity index (χ0n) is 23.4. The van der Waals surface area contributed by atoms with Crippen molar-refractivity contribution in [2.24, 2.45) is 5.92 Å². The number of amides is 3. The van der Waals surface area contributed by atoms with Crippen molar-refractivity contribution < 1.29 is 33.8 Å². The molecule has 2 aromatic rings. The Bertz CT molecular complexity index is 1240. The number of Topliss-reactive ketones (excluding diaryl/α,β-unsaturated/α-hetero) is 1. The quantitative estimate of drug-likeness (QED) is 0.268. The molecule has 0 radical (unpaired) electrons. The van der Waals surface area contributed by atoms with Gasteiger partial charge in [-0.15, -0.1) is 0 Å². The molecule has 3 aliphatic rings. The molecule has 1 aromatic carbocycles. The number of aromatic nitrogens is 1. The molecular weight excluding hydrogens is 528 g/mol. The second-order valence-corrected chi connectivity index (χ2v) is 11.4. The summed E-state index contributed by atoms with van der Waals surface area (Å²) in [5, 5.41) is 16.4. The maximum absolute atomic E-state index is 14.1. The number of phenolic OH excluding ortho intramolecular Hbond substituents is 1. The number of aromatic hydroxyl groups is 1. The Hall–Kier alpha value is -3.44.